The number of carbonyl (C=O) groups excluding carboxylic acids is 1. The molecule has 2 aromatic heterocycles. The molecular formula is C27H34BrN7O5S. The molecule has 1 aromatic carbocycles. The molecule has 2 aliphatic rings. The van der Waals surface area contributed by atoms with E-state index in [2.05, 4.69) is 25.9 Å². The van der Waals surface area contributed by atoms with Crippen LogP contribution < -0.4 is 15.2 Å². The Balaban J connectivity index is 1.34. The van der Waals surface area contributed by atoms with Gasteiger partial charge >= 0.3 is 6.09 Å². The molecule has 41 heavy (non-hydrogen) atoms. The Morgan fingerprint density at radius 3 is 2.71 bits per heavy atom. The second-order valence-corrected chi connectivity index (χ2v) is 13.2. The predicted molar refractivity (Wildman–Crippen MR) is 157 cm³/mol. The molecule has 0 bridgehead atoms. The van der Waals surface area contributed by atoms with Gasteiger partial charge in [0.15, 0.2) is 33.6 Å². The summed E-state index contributed by atoms with van der Waals surface area (Å²) in [5.41, 5.74) is 6.66. The number of ether oxygens (including phenoxy) is 2. The van der Waals surface area contributed by atoms with E-state index in [1.54, 1.807) is 27.7 Å². The van der Waals surface area contributed by atoms with E-state index >= 15 is 0 Å². The number of anilines is 1. The highest BCUT2D eigenvalue weighted by atomic mass is 79.9. The van der Waals surface area contributed by atoms with Gasteiger partial charge in [-0.05, 0) is 80.9 Å². The summed E-state index contributed by atoms with van der Waals surface area (Å²) in [4.78, 5) is 42.7. The van der Waals surface area contributed by atoms with Crippen LogP contribution in [0.2, 0.25) is 0 Å². The van der Waals surface area contributed by atoms with Crippen LogP contribution in [-0.2, 0) is 11.3 Å². The summed E-state index contributed by atoms with van der Waals surface area (Å²) < 4.78 is 13.9. The Bertz CT molecular complexity index is 1480. The van der Waals surface area contributed by atoms with Crippen molar-refractivity contribution in [3.8, 4) is 11.5 Å². The molecule has 220 valence electrons. The predicted octanol–water partition coefficient (Wildman–Crippen LogP) is 4.85. The molecule has 12 nitrogen and oxygen atoms in total. The summed E-state index contributed by atoms with van der Waals surface area (Å²) in [6.07, 6.45) is 2.95. The highest BCUT2D eigenvalue weighted by molar-refractivity contribution is 9.10. The van der Waals surface area contributed by atoms with Gasteiger partial charge in [-0.1, -0.05) is 11.8 Å². The van der Waals surface area contributed by atoms with Crippen molar-refractivity contribution < 1.29 is 24.2 Å². The largest absolute Gasteiger partial charge is 0.465 e. The van der Waals surface area contributed by atoms with Crippen LogP contribution in [0.3, 0.4) is 0 Å². The van der Waals surface area contributed by atoms with Crippen LogP contribution in [0.1, 0.15) is 47.0 Å². The molecule has 0 aliphatic carbocycles. The zero-order chi connectivity index (χ0) is 29.5. The number of hydrogen-bond acceptors (Lipinski definition) is 9. The molecule has 1 unspecified atom stereocenters. The van der Waals surface area contributed by atoms with Crippen molar-refractivity contribution in [2.45, 2.75) is 75.1 Å². The number of aromatic nitrogens is 4. The lowest BCUT2D eigenvalue weighted by atomic mass is 9.94. The highest BCUT2D eigenvalue weighted by Gasteiger charge is 2.37. The van der Waals surface area contributed by atoms with Gasteiger partial charge in [-0.15, -0.1) is 0 Å². The molecule has 3 N–H and O–H groups in total. The average Bonchev–Trinajstić information content (AvgIpc) is 3.50. The summed E-state index contributed by atoms with van der Waals surface area (Å²) >= 11 is 5.10. The number of piperidine rings is 1. The third-order valence-electron chi connectivity index (χ3n) is 7.42. The number of benzene rings is 1. The second-order valence-electron chi connectivity index (χ2n) is 11.3. The Morgan fingerprint density at radius 2 is 2.00 bits per heavy atom. The molecule has 0 saturated carbocycles. The standard InChI is InChI=1S/C27H34BrN7O5S/c1-15(35(26(37)38)27(2,3)4)24(36)33-8-5-6-16(12-33)7-9-34-23-21(22(29)30-13-31-23)32-25(34)41-20-11-19-18(10-17(20)28)39-14-40-19/h10-11,13,15-16H,5-9,12,14H2,1-4H3,(H,37,38)(H2,29,30,31)/t15-,16?/m0/s1. The van der Waals surface area contributed by atoms with Crippen LogP contribution >= 0.6 is 27.7 Å². The first-order valence-corrected chi connectivity index (χ1v) is 15.1. The molecule has 0 radical (unpaired) electrons. The van der Waals surface area contributed by atoms with Crippen LogP contribution in [0.4, 0.5) is 10.6 Å². The Kier molecular flexibility index (Phi) is 8.24. The van der Waals surface area contributed by atoms with Crippen LogP contribution in [0.15, 0.2) is 33.0 Å². The van der Waals surface area contributed by atoms with E-state index in [9.17, 15) is 14.7 Å². The quantitative estimate of drug-likeness (QED) is 0.364. The number of nitrogens with zero attached hydrogens (tertiary/aromatic N) is 6. The molecule has 2 amide bonds. The number of nitrogen functional groups attached to an aromatic ring is 1. The molecule has 0 spiro atoms. The SMILES string of the molecule is C[C@@H](C(=O)N1CCCC(CCn2c(Sc3cc4c(cc3Br)OCO4)nc3c(N)ncnc32)C1)N(C(=O)O)C(C)(C)C. The first-order chi connectivity index (χ1) is 19.4. The number of carbonyl (C=O) groups is 2. The molecule has 1 saturated heterocycles. The summed E-state index contributed by atoms with van der Waals surface area (Å²) in [6.45, 7) is 9.06. The molecule has 2 atom stereocenters. The van der Waals surface area contributed by atoms with Gasteiger partial charge in [0.25, 0.3) is 0 Å². The Hall–Kier alpha value is -3.26. The Labute approximate surface area is 250 Å². The van der Waals surface area contributed by atoms with E-state index in [0.29, 0.717) is 53.3 Å². The van der Waals surface area contributed by atoms with Gasteiger partial charge in [-0.25, -0.2) is 19.7 Å². The van der Waals surface area contributed by atoms with Gasteiger partial charge in [-0.2, -0.15) is 0 Å². The third-order valence-corrected chi connectivity index (χ3v) is 9.39. The summed E-state index contributed by atoms with van der Waals surface area (Å²) in [6, 6.07) is 3.03. The van der Waals surface area contributed by atoms with Gasteiger partial charge in [-0.3, -0.25) is 9.69 Å². The van der Waals surface area contributed by atoms with Crippen molar-refractivity contribution in [2.24, 2.45) is 5.92 Å². The highest BCUT2D eigenvalue weighted by Crippen LogP contribution is 2.43. The van der Waals surface area contributed by atoms with Crippen molar-refractivity contribution in [3.05, 3.63) is 22.9 Å². The number of hydrogen-bond donors (Lipinski definition) is 2. The fourth-order valence-electron chi connectivity index (χ4n) is 5.51. The minimum absolute atomic E-state index is 0.162. The van der Waals surface area contributed by atoms with Crippen molar-refractivity contribution in [2.75, 3.05) is 25.6 Å². The normalized spacial score (nSPS) is 17.6. The Morgan fingerprint density at radius 1 is 1.27 bits per heavy atom. The van der Waals surface area contributed by atoms with Crippen molar-refractivity contribution in [1.82, 2.24) is 29.3 Å². The number of nitrogens with two attached hydrogens (primary N) is 1. The lowest BCUT2D eigenvalue weighted by molar-refractivity contribution is -0.139. The van der Waals surface area contributed by atoms with Gasteiger partial charge in [0.05, 0.1) is 0 Å². The molecule has 14 heteroatoms. The van der Waals surface area contributed by atoms with Crippen molar-refractivity contribution in [3.63, 3.8) is 0 Å². The van der Waals surface area contributed by atoms with E-state index in [-0.39, 0.29) is 18.6 Å². The number of likely N-dealkylation sites (tertiary alicyclic amines) is 1. The minimum Gasteiger partial charge on any atom is -0.465 e. The zero-order valence-electron chi connectivity index (χ0n) is 23.5. The van der Waals surface area contributed by atoms with Gasteiger partial charge < -0.3 is 29.8 Å². The fourth-order valence-corrected chi connectivity index (χ4v) is 7.02. The smallest absolute Gasteiger partial charge is 0.408 e. The lowest BCUT2D eigenvalue weighted by Gasteiger charge is -2.41. The number of carboxylic acid groups (broad SMARTS) is 1. The van der Waals surface area contributed by atoms with E-state index < -0.39 is 17.7 Å². The van der Waals surface area contributed by atoms with Gasteiger partial charge in [0.1, 0.15) is 12.4 Å². The number of fused-ring (bicyclic) bond motifs is 2. The molecule has 3 aromatic rings. The van der Waals surface area contributed by atoms with Crippen molar-refractivity contribution in [1.29, 1.82) is 0 Å². The summed E-state index contributed by atoms with van der Waals surface area (Å²) in [5, 5.41) is 10.5. The first-order valence-electron chi connectivity index (χ1n) is 13.5. The number of rotatable bonds is 7. The topological polar surface area (TPSA) is 149 Å². The monoisotopic (exact) mass is 647 g/mol. The summed E-state index contributed by atoms with van der Waals surface area (Å²) in [7, 11) is 0. The van der Waals surface area contributed by atoms with E-state index in [1.165, 1.54) is 23.0 Å². The van der Waals surface area contributed by atoms with E-state index in [4.69, 9.17) is 20.2 Å². The van der Waals surface area contributed by atoms with Crippen molar-refractivity contribution >= 4 is 56.7 Å². The maximum atomic E-state index is 13.4. The van der Waals surface area contributed by atoms with Crippen LogP contribution in [0, 0.1) is 5.92 Å². The number of aryl methyl sites for hydroxylation is 1. The zero-order valence-corrected chi connectivity index (χ0v) is 25.9. The molecular weight excluding hydrogens is 614 g/mol. The lowest BCUT2D eigenvalue weighted by Crippen LogP contribution is -2.57. The first kappa shape index (κ1) is 29.2. The van der Waals surface area contributed by atoms with E-state index in [0.717, 1.165) is 28.6 Å². The maximum absolute atomic E-state index is 13.4. The number of halogens is 1. The van der Waals surface area contributed by atoms with Crippen LogP contribution in [-0.4, -0.2) is 77.9 Å². The number of amides is 2. The third kappa shape index (κ3) is 6.03. The van der Waals surface area contributed by atoms with Gasteiger partial charge in [0.2, 0.25) is 12.7 Å². The second kappa shape index (κ2) is 11.6. The molecule has 4 heterocycles. The van der Waals surface area contributed by atoms with Gasteiger partial charge in [0, 0.05) is 34.5 Å². The number of imidazole rings is 1. The fraction of sp³-hybridized carbons (Fsp3) is 0.519. The molecule has 5 rings (SSSR count). The van der Waals surface area contributed by atoms with Crippen LogP contribution in [0.5, 0.6) is 11.5 Å². The average molecular weight is 649 g/mol. The maximum Gasteiger partial charge on any atom is 0.408 e. The molecule has 2 aliphatic heterocycles. The van der Waals surface area contributed by atoms with E-state index in [1.807, 2.05) is 21.6 Å². The molecule has 1 fully saturated rings. The summed E-state index contributed by atoms with van der Waals surface area (Å²) in [5.74, 6) is 1.74. The van der Waals surface area contributed by atoms with Crippen LogP contribution in [0.25, 0.3) is 11.2 Å². The minimum atomic E-state index is -1.10.